The number of rotatable bonds is 5. The Hall–Kier alpha value is -1.02. The van der Waals surface area contributed by atoms with Crippen molar-refractivity contribution in [1.29, 1.82) is 0 Å². The zero-order valence-corrected chi connectivity index (χ0v) is 10.6. The van der Waals surface area contributed by atoms with E-state index in [-0.39, 0.29) is 6.10 Å². The van der Waals surface area contributed by atoms with Gasteiger partial charge in [0, 0.05) is 5.56 Å². The van der Waals surface area contributed by atoms with Crippen molar-refractivity contribution in [2.45, 2.75) is 33.3 Å². The predicted molar refractivity (Wildman–Crippen MR) is 66.4 cm³/mol. The van der Waals surface area contributed by atoms with Crippen LogP contribution in [0.1, 0.15) is 37.6 Å². The summed E-state index contributed by atoms with van der Waals surface area (Å²) < 4.78 is 5.71. The second-order valence-corrected chi connectivity index (χ2v) is 4.77. The first-order valence-corrected chi connectivity index (χ1v) is 5.82. The Labute approximate surface area is 102 Å². The molecule has 2 nitrogen and oxygen atoms in total. The van der Waals surface area contributed by atoms with Gasteiger partial charge in [-0.3, -0.25) is 4.79 Å². The molecule has 0 amide bonds. The third kappa shape index (κ3) is 3.86. The average Bonchev–Trinajstić information content (AvgIpc) is 2.19. The number of carbonyl (C=O) groups excluding carboxylic acids is 1. The van der Waals surface area contributed by atoms with Crippen molar-refractivity contribution >= 4 is 17.9 Å². The maximum Gasteiger partial charge on any atom is 0.150 e. The lowest BCUT2D eigenvalue weighted by atomic mass is 10.1. The summed E-state index contributed by atoms with van der Waals surface area (Å²) in [6.45, 7) is 6.32. The molecule has 1 aromatic carbocycles. The maximum atomic E-state index is 10.5. The Balaban J connectivity index is 2.70. The Morgan fingerprint density at radius 3 is 2.56 bits per heavy atom. The molecule has 0 fully saturated rings. The summed E-state index contributed by atoms with van der Waals surface area (Å²) in [5.41, 5.74) is 0.564. The van der Waals surface area contributed by atoms with E-state index in [2.05, 4.69) is 13.8 Å². The van der Waals surface area contributed by atoms with Crippen molar-refractivity contribution in [3.05, 3.63) is 28.8 Å². The van der Waals surface area contributed by atoms with Gasteiger partial charge in [0.15, 0.2) is 0 Å². The molecule has 0 aliphatic rings. The van der Waals surface area contributed by atoms with Gasteiger partial charge in [0.1, 0.15) is 12.0 Å². The smallest absolute Gasteiger partial charge is 0.150 e. The number of ether oxygens (including phenoxy) is 1. The Morgan fingerprint density at radius 2 is 2.06 bits per heavy atom. The molecule has 0 aromatic heterocycles. The fourth-order valence-corrected chi connectivity index (χ4v) is 1.85. The van der Waals surface area contributed by atoms with Gasteiger partial charge in [-0.25, -0.2) is 0 Å². The molecule has 3 heteroatoms. The second-order valence-electron chi connectivity index (χ2n) is 4.37. The van der Waals surface area contributed by atoms with E-state index < -0.39 is 0 Å². The summed E-state index contributed by atoms with van der Waals surface area (Å²) in [5.74, 6) is 1.23. The zero-order valence-electron chi connectivity index (χ0n) is 9.87. The standard InChI is InChI=1S/C13H17ClO2/c1-9(2)6-10(3)16-13-5-4-11(8-15)7-12(13)14/h4-5,7-10H,6H2,1-3H3. The monoisotopic (exact) mass is 240 g/mol. The van der Waals surface area contributed by atoms with Gasteiger partial charge >= 0.3 is 0 Å². The molecule has 0 bridgehead atoms. The molecular formula is C13H17ClO2. The summed E-state index contributed by atoms with van der Waals surface area (Å²) in [7, 11) is 0. The summed E-state index contributed by atoms with van der Waals surface area (Å²) in [6, 6.07) is 5.06. The quantitative estimate of drug-likeness (QED) is 0.728. The third-order valence-corrected chi connectivity index (χ3v) is 2.52. The lowest BCUT2D eigenvalue weighted by Gasteiger charge is -2.17. The molecule has 1 atom stereocenters. The molecule has 0 aliphatic carbocycles. The van der Waals surface area contributed by atoms with Crippen LogP contribution in [0.3, 0.4) is 0 Å². The van der Waals surface area contributed by atoms with Crippen molar-refractivity contribution in [3.8, 4) is 5.75 Å². The predicted octanol–water partition coefficient (Wildman–Crippen LogP) is 3.97. The molecule has 1 unspecified atom stereocenters. The van der Waals surface area contributed by atoms with Crippen LogP contribution in [0.5, 0.6) is 5.75 Å². The topological polar surface area (TPSA) is 26.3 Å². The lowest BCUT2D eigenvalue weighted by Crippen LogP contribution is -2.14. The molecule has 0 saturated carbocycles. The van der Waals surface area contributed by atoms with Crippen LogP contribution in [0.4, 0.5) is 0 Å². The van der Waals surface area contributed by atoms with Gasteiger partial charge in [0.05, 0.1) is 11.1 Å². The highest BCUT2D eigenvalue weighted by molar-refractivity contribution is 6.32. The van der Waals surface area contributed by atoms with Crippen molar-refractivity contribution in [2.75, 3.05) is 0 Å². The maximum absolute atomic E-state index is 10.5. The van der Waals surface area contributed by atoms with Gasteiger partial charge < -0.3 is 4.74 Å². The lowest BCUT2D eigenvalue weighted by molar-refractivity contribution is 0.112. The zero-order chi connectivity index (χ0) is 12.1. The van der Waals surface area contributed by atoms with Crippen molar-refractivity contribution < 1.29 is 9.53 Å². The van der Waals surface area contributed by atoms with E-state index in [1.165, 1.54) is 0 Å². The Bertz CT molecular complexity index is 361. The third-order valence-electron chi connectivity index (χ3n) is 2.22. The average molecular weight is 241 g/mol. The highest BCUT2D eigenvalue weighted by Gasteiger charge is 2.09. The molecule has 0 heterocycles. The summed E-state index contributed by atoms with van der Waals surface area (Å²) in [6.07, 6.45) is 1.87. The van der Waals surface area contributed by atoms with Crippen LogP contribution in [0, 0.1) is 5.92 Å². The minimum Gasteiger partial charge on any atom is -0.489 e. The second kappa shape index (κ2) is 5.90. The summed E-state index contributed by atoms with van der Waals surface area (Å²) in [4.78, 5) is 10.5. The molecule has 1 aromatic rings. The van der Waals surface area contributed by atoms with Crippen LogP contribution < -0.4 is 4.74 Å². The molecule has 0 aliphatic heterocycles. The minimum atomic E-state index is 0.125. The molecule has 0 saturated heterocycles. The van der Waals surface area contributed by atoms with Crippen molar-refractivity contribution in [2.24, 2.45) is 5.92 Å². The van der Waals surface area contributed by atoms with Crippen molar-refractivity contribution in [1.82, 2.24) is 0 Å². The fourth-order valence-electron chi connectivity index (χ4n) is 1.61. The van der Waals surface area contributed by atoms with Crippen LogP contribution in [-0.2, 0) is 0 Å². The van der Waals surface area contributed by atoms with E-state index in [0.717, 1.165) is 12.7 Å². The van der Waals surface area contributed by atoms with Crippen LogP contribution in [0.25, 0.3) is 0 Å². The van der Waals surface area contributed by atoms with Crippen molar-refractivity contribution in [3.63, 3.8) is 0 Å². The molecule has 0 radical (unpaired) electrons. The van der Waals surface area contributed by atoms with Crippen LogP contribution in [0.2, 0.25) is 5.02 Å². The number of hydrogen-bond donors (Lipinski definition) is 0. The highest BCUT2D eigenvalue weighted by Crippen LogP contribution is 2.26. The van der Waals surface area contributed by atoms with E-state index >= 15 is 0 Å². The normalized spacial score (nSPS) is 12.6. The molecule has 16 heavy (non-hydrogen) atoms. The van der Waals surface area contributed by atoms with E-state index in [4.69, 9.17) is 16.3 Å². The largest absolute Gasteiger partial charge is 0.489 e. The van der Waals surface area contributed by atoms with Crippen LogP contribution in [0.15, 0.2) is 18.2 Å². The van der Waals surface area contributed by atoms with Gasteiger partial charge in [-0.2, -0.15) is 0 Å². The molecule has 1 rings (SSSR count). The number of carbonyl (C=O) groups is 1. The molecular weight excluding hydrogens is 224 g/mol. The van der Waals surface area contributed by atoms with Gasteiger partial charge in [-0.15, -0.1) is 0 Å². The van der Waals surface area contributed by atoms with Gasteiger partial charge in [-0.05, 0) is 37.5 Å². The van der Waals surface area contributed by atoms with Gasteiger partial charge in [0.25, 0.3) is 0 Å². The highest BCUT2D eigenvalue weighted by atomic mass is 35.5. The minimum absolute atomic E-state index is 0.125. The summed E-state index contributed by atoms with van der Waals surface area (Å²) >= 11 is 6.00. The van der Waals surface area contributed by atoms with Crippen LogP contribution >= 0.6 is 11.6 Å². The summed E-state index contributed by atoms with van der Waals surface area (Å²) in [5, 5.41) is 0.486. The number of hydrogen-bond acceptors (Lipinski definition) is 2. The molecule has 0 spiro atoms. The molecule has 88 valence electrons. The van der Waals surface area contributed by atoms with E-state index in [0.29, 0.717) is 22.3 Å². The number of benzene rings is 1. The van der Waals surface area contributed by atoms with E-state index in [1.54, 1.807) is 18.2 Å². The van der Waals surface area contributed by atoms with Crippen LogP contribution in [-0.4, -0.2) is 12.4 Å². The number of halogens is 1. The van der Waals surface area contributed by atoms with Gasteiger partial charge in [0.2, 0.25) is 0 Å². The SMILES string of the molecule is CC(C)CC(C)Oc1ccc(C=O)cc1Cl. The first-order valence-electron chi connectivity index (χ1n) is 5.44. The Kier molecular flexibility index (Phi) is 4.81. The first-order chi connectivity index (χ1) is 7.52. The van der Waals surface area contributed by atoms with Gasteiger partial charge in [-0.1, -0.05) is 25.4 Å². The number of aldehydes is 1. The Morgan fingerprint density at radius 1 is 1.38 bits per heavy atom. The fraction of sp³-hybridized carbons (Fsp3) is 0.462. The molecule has 0 N–H and O–H groups in total. The van der Waals surface area contributed by atoms with E-state index in [9.17, 15) is 4.79 Å². The first kappa shape index (κ1) is 13.0. The van der Waals surface area contributed by atoms with E-state index in [1.807, 2.05) is 6.92 Å².